The van der Waals surface area contributed by atoms with Crippen molar-refractivity contribution < 1.29 is 23.1 Å². The third kappa shape index (κ3) is 4.60. The number of allylic oxidation sites excluding steroid dienone is 2. The van der Waals surface area contributed by atoms with Gasteiger partial charge in [-0.15, -0.1) is 0 Å². The van der Waals surface area contributed by atoms with E-state index in [0.717, 1.165) is 25.0 Å². The van der Waals surface area contributed by atoms with Crippen LogP contribution >= 0.6 is 0 Å². The number of carbonyl (C=O) groups is 1. The molecule has 1 aromatic carbocycles. The molecule has 6 heteroatoms. The van der Waals surface area contributed by atoms with E-state index in [-0.39, 0.29) is 11.8 Å². The predicted octanol–water partition coefficient (Wildman–Crippen LogP) is 3.99. The van der Waals surface area contributed by atoms with E-state index < -0.39 is 23.9 Å². The Morgan fingerprint density at radius 1 is 1.29 bits per heavy atom. The van der Waals surface area contributed by atoms with Crippen LogP contribution in [-0.2, 0) is 11.0 Å². The van der Waals surface area contributed by atoms with Crippen molar-refractivity contribution in [1.82, 2.24) is 5.32 Å². The van der Waals surface area contributed by atoms with Gasteiger partial charge in [-0.05, 0) is 43.4 Å². The van der Waals surface area contributed by atoms with E-state index >= 15 is 0 Å². The smallest absolute Gasteiger partial charge is 0.386 e. The number of aliphatic hydroxyl groups excluding tert-OH is 1. The fourth-order valence-corrected chi connectivity index (χ4v) is 2.84. The number of benzene rings is 1. The summed E-state index contributed by atoms with van der Waals surface area (Å²) in [5.74, 6) is -0.221. The molecule has 0 saturated heterocycles. The van der Waals surface area contributed by atoms with Crippen LogP contribution in [0.3, 0.4) is 0 Å². The van der Waals surface area contributed by atoms with Crippen LogP contribution in [0.25, 0.3) is 0 Å². The van der Waals surface area contributed by atoms with Crippen molar-refractivity contribution >= 4 is 5.91 Å². The Bertz CT molecular complexity index is 581. The van der Waals surface area contributed by atoms with Crippen LogP contribution in [0.4, 0.5) is 13.2 Å². The molecule has 1 aliphatic rings. The first-order chi connectivity index (χ1) is 11.3. The average Bonchev–Trinajstić information content (AvgIpc) is 2.59. The first kappa shape index (κ1) is 18.5. The normalized spacial score (nSPS) is 20.5. The summed E-state index contributed by atoms with van der Waals surface area (Å²) in [5.41, 5.74) is -0.400. The number of carbonyl (C=O) groups excluding carboxylic acids is 1. The lowest BCUT2D eigenvalue weighted by Crippen LogP contribution is -2.42. The van der Waals surface area contributed by atoms with Crippen molar-refractivity contribution in [2.24, 2.45) is 5.92 Å². The van der Waals surface area contributed by atoms with Crippen molar-refractivity contribution in [1.29, 1.82) is 0 Å². The number of aliphatic hydroxyl groups is 1. The monoisotopic (exact) mass is 341 g/mol. The zero-order valence-electron chi connectivity index (χ0n) is 13.5. The molecule has 0 aromatic heterocycles. The largest absolute Gasteiger partial charge is 0.416 e. The molecule has 1 aliphatic carbocycles. The highest BCUT2D eigenvalue weighted by Gasteiger charge is 2.31. The summed E-state index contributed by atoms with van der Waals surface area (Å²) >= 11 is 0. The zero-order valence-corrected chi connectivity index (χ0v) is 13.5. The lowest BCUT2D eigenvalue weighted by atomic mass is 9.92. The Morgan fingerprint density at radius 2 is 1.96 bits per heavy atom. The molecule has 132 valence electrons. The van der Waals surface area contributed by atoms with Gasteiger partial charge in [0, 0.05) is 5.92 Å². The number of rotatable bonds is 5. The maximum atomic E-state index is 12.6. The van der Waals surface area contributed by atoms with E-state index in [1.165, 1.54) is 12.1 Å². The van der Waals surface area contributed by atoms with E-state index in [0.29, 0.717) is 18.4 Å². The first-order valence-corrected chi connectivity index (χ1v) is 8.13. The second-order valence-corrected chi connectivity index (χ2v) is 6.07. The van der Waals surface area contributed by atoms with Gasteiger partial charge in [-0.2, -0.15) is 13.2 Å². The lowest BCUT2D eigenvalue weighted by Gasteiger charge is -2.26. The highest BCUT2D eigenvalue weighted by atomic mass is 19.4. The van der Waals surface area contributed by atoms with Crippen molar-refractivity contribution in [2.45, 2.75) is 50.9 Å². The summed E-state index contributed by atoms with van der Waals surface area (Å²) in [5, 5.41) is 13.2. The van der Waals surface area contributed by atoms with Crippen LogP contribution in [0.15, 0.2) is 36.4 Å². The maximum absolute atomic E-state index is 12.6. The van der Waals surface area contributed by atoms with Gasteiger partial charge in [0.1, 0.15) is 0 Å². The van der Waals surface area contributed by atoms with Crippen LogP contribution in [0.2, 0.25) is 0 Å². The Balaban J connectivity index is 2.03. The van der Waals surface area contributed by atoms with Crippen LogP contribution in [0, 0.1) is 5.92 Å². The van der Waals surface area contributed by atoms with Crippen LogP contribution in [0.5, 0.6) is 0 Å². The third-order valence-corrected chi connectivity index (χ3v) is 4.37. The molecular formula is C18H22F3NO2. The second-order valence-electron chi connectivity index (χ2n) is 6.07. The summed E-state index contributed by atoms with van der Waals surface area (Å²) in [6, 6.07) is 3.87. The van der Waals surface area contributed by atoms with E-state index in [9.17, 15) is 23.1 Å². The van der Waals surface area contributed by atoms with Gasteiger partial charge in [-0.3, -0.25) is 4.79 Å². The van der Waals surface area contributed by atoms with Crippen LogP contribution < -0.4 is 5.32 Å². The summed E-state index contributed by atoms with van der Waals surface area (Å²) in [7, 11) is 0. The topological polar surface area (TPSA) is 49.3 Å². The first-order valence-electron chi connectivity index (χ1n) is 8.13. The molecule has 24 heavy (non-hydrogen) atoms. The minimum atomic E-state index is -4.41. The number of hydrogen-bond acceptors (Lipinski definition) is 2. The lowest BCUT2D eigenvalue weighted by molar-refractivity contribution is -0.137. The van der Waals surface area contributed by atoms with Gasteiger partial charge < -0.3 is 10.4 Å². The van der Waals surface area contributed by atoms with Gasteiger partial charge in [-0.1, -0.05) is 31.2 Å². The van der Waals surface area contributed by atoms with Gasteiger partial charge in [-0.25, -0.2) is 0 Å². The van der Waals surface area contributed by atoms with E-state index in [4.69, 9.17) is 0 Å². The fourth-order valence-electron chi connectivity index (χ4n) is 2.84. The van der Waals surface area contributed by atoms with Gasteiger partial charge in [0.25, 0.3) is 0 Å². The molecule has 0 fully saturated rings. The molecule has 2 N–H and O–H groups in total. The quantitative estimate of drug-likeness (QED) is 0.796. The zero-order chi connectivity index (χ0) is 17.7. The number of hydrogen-bond donors (Lipinski definition) is 2. The van der Waals surface area contributed by atoms with Gasteiger partial charge in [0.05, 0.1) is 17.7 Å². The standard InChI is InChI=1S/C18H22F3NO2/c1-2-15(22-17(24)13-6-4-3-5-7-13)16(23)12-8-10-14(11-9-12)18(19,20)21/h3-4,8-11,13,15-16,23H,2,5-7H2,1H3,(H,22,24). The second kappa shape index (κ2) is 7.83. The summed E-state index contributed by atoms with van der Waals surface area (Å²) in [6.07, 6.45) is 1.36. The average molecular weight is 341 g/mol. The minimum Gasteiger partial charge on any atom is -0.386 e. The Hall–Kier alpha value is -1.82. The summed E-state index contributed by atoms with van der Waals surface area (Å²) in [4.78, 5) is 12.3. The molecule has 0 aliphatic heterocycles. The van der Waals surface area contributed by atoms with E-state index in [2.05, 4.69) is 5.32 Å². The molecule has 3 atom stereocenters. The van der Waals surface area contributed by atoms with E-state index in [1.807, 2.05) is 19.1 Å². The molecular weight excluding hydrogens is 319 g/mol. The van der Waals surface area contributed by atoms with Gasteiger partial charge in [0.2, 0.25) is 5.91 Å². The number of alkyl halides is 3. The molecule has 3 unspecified atom stereocenters. The molecule has 0 bridgehead atoms. The highest BCUT2D eigenvalue weighted by molar-refractivity contribution is 5.79. The molecule has 1 aromatic rings. The Kier molecular flexibility index (Phi) is 6.04. The van der Waals surface area contributed by atoms with Gasteiger partial charge >= 0.3 is 6.18 Å². The molecule has 0 saturated carbocycles. The molecule has 0 radical (unpaired) electrons. The Morgan fingerprint density at radius 3 is 2.46 bits per heavy atom. The predicted molar refractivity (Wildman–Crippen MR) is 85.1 cm³/mol. The van der Waals surface area contributed by atoms with E-state index in [1.54, 1.807) is 0 Å². The SMILES string of the molecule is CCC(NC(=O)C1CC=CCC1)C(O)c1ccc(C(F)(F)F)cc1. The highest BCUT2D eigenvalue weighted by Crippen LogP contribution is 2.30. The van der Waals surface area contributed by atoms with Crippen LogP contribution in [0.1, 0.15) is 49.8 Å². The summed E-state index contributed by atoms with van der Waals surface area (Å²) in [6.45, 7) is 1.82. The minimum absolute atomic E-state index is 0.108. The van der Waals surface area contributed by atoms with Crippen molar-refractivity contribution in [3.8, 4) is 0 Å². The maximum Gasteiger partial charge on any atom is 0.416 e. The molecule has 0 heterocycles. The van der Waals surface area contributed by atoms with Crippen LogP contribution in [-0.4, -0.2) is 17.1 Å². The fraction of sp³-hybridized carbons (Fsp3) is 0.500. The Labute approximate surface area is 139 Å². The molecule has 3 nitrogen and oxygen atoms in total. The third-order valence-electron chi connectivity index (χ3n) is 4.37. The van der Waals surface area contributed by atoms with Crippen molar-refractivity contribution in [3.63, 3.8) is 0 Å². The number of amides is 1. The summed E-state index contributed by atoms with van der Waals surface area (Å²) < 4.78 is 37.8. The van der Waals surface area contributed by atoms with Gasteiger partial charge in [0.15, 0.2) is 0 Å². The molecule has 0 spiro atoms. The molecule has 2 rings (SSSR count). The number of halogens is 3. The van der Waals surface area contributed by atoms with Crippen molar-refractivity contribution in [2.75, 3.05) is 0 Å². The number of nitrogens with one attached hydrogen (secondary N) is 1. The molecule has 1 amide bonds. The van der Waals surface area contributed by atoms with Crippen molar-refractivity contribution in [3.05, 3.63) is 47.5 Å².